The van der Waals surface area contributed by atoms with Crippen LogP contribution >= 0.6 is 0 Å². The predicted molar refractivity (Wildman–Crippen MR) is 76.9 cm³/mol. The van der Waals surface area contributed by atoms with E-state index in [0.717, 1.165) is 37.1 Å². The maximum absolute atomic E-state index is 12.8. The number of benzene rings is 1. The molecule has 2 fully saturated rings. The van der Waals surface area contributed by atoms with Crippen molar-refractivity contribution in [1.82, 2.24) is 0 Å². The first-order chi connectivity index (χ1) is 9.50. The zero-order valence-electron chi connectivity index (χ0n) is 12.1. The summed E-state index contributed by atoms with van der Waals surface area (Å²) in [5, 5.41) is 10.6. The molecule has 1 saturated carbocycles. The minimum Gasteiger partial charge on any atom is -0.497 e. The molecule has 4 heteroatoms. The number of methoxy groups -OCH3 is 1. The molecule has 1 aromatic rings. The third-order valence-corrected chi connectivity index (χ3v) is 5.10. The summed E-state index contributed by atoms with van der Waals surface area (Å²) in [6.07, 6.45) is 3.18. The minimum absolute atomic E-state index is 0.0742. The second kappa shape index (κ2) is 4.48. The predicted octanol–water partition coefficient (Wildman–Crippen LogP) is 2.35. The van der Waals surface area contributed by atoms with Crippen LogP contribution in [-0.2, 0) is 4.79 Å². The summed E-state index contributed by atoms with van der Waals surface area (Å²) < 4.78 is 5.14. The van der Waals surface area contributed by atoms with E-state index >= 15 is 0 Å². The van der Waals surface area contributed by atoms with Gasteiger partial charge >= 0.3 is 0 Å². The van der Waals surface area contributed by atoms with E-state index < -0.39 is 11.0 Å². The van der Waals surface area contributed by atoms with Crippen molar-refractivity contribution in [2.45, 2.75) is 38.2 Å². The molecule has 0 aromatic heterocycles. The van der Waals surface area contributed by atoms with Crippen molar-refractivity contribution in [3.8, 4) is 5.75 Å². The van der Waals surface area contributed by atoms with E-state index in [0.29, 0.717) is 6.54 Å². The molecule has 1 amide bonds. The second-order valence-electron chi connectivity index (χ2n) is 6.11. The molecule has 2 aliphatic rings. The smallest absolute Gasteiger partial charge is 0.236 e. The Balaban J connectivity index is 1.89. The van der Waals surface area contributed by atoms with Crippen molar-refractivity contribution in [1.29, 1.82) is 0 Å². The average molecular weight is 275 g/mol. The largest absolute Gasteiger partial charge is 0.497 e. The van der Waals surface area contributed by atoms with E-state index in [-0.39, 0.29) is 5.91 Å². The fourth-order valence-electron chi connectivity index (χ4n) is 3.75. The molecule has 20 heavy (non-hydrogen) atoms. The zero-order valence-corrected chi connectivity index (χ0v) is 12.1. The Morgan fingerprint density at radius 1 is 1.20 bits per heavy atom. The number of ether oxygens (including phenoxy) is 1. The summed E-state index contributed by atoms with van der Waals surface area (Å²) in [5.74, 6) is 0.855. The normalized spacial score (nSPS) is 33.1. The van der Waals surface area contributed by atoms with Crippen LogP contribution in [-0.4, -0.2) is 30.3 Å². The molecule has 1 heterocycles. The van der Waals surface area contributed by atoms with Crippen molar-refractivity contribution in [2.24, 2.45) is 5.41 Å². The molecule has 0 radical (unpaired) electrons. The molecular weight excluding hydrogens is 254 g/mol. The Bertz CT molecular complexity index is 523. The van der Waals surface area contributed by atoms with Crippen molar-refractivity contribution in [3.05, 3.63) is 24.3 Å². The number of aliphatic hydroxyl groups is 1. The van der Waals surface area contributed by atoms with Crippen molar-refractivity contribution < 1.29 is 14.6 Å². The Morgan fingerprint density at radius 3 is 2.45 bits per heavy atom. The second-order valence-corrected chi connectivity index (χ2v) is 6.11. The number of carbonyl (C=O) groups is 1. The van der Waals surface area contributed by atoms with Gasteiger partial charge in [-0.3, -0.25) is 4.79 Å². The lowest BCUT2D eigenvalue weighted by Crippen LogP contribution is -2.47. The van der Waals surface area contributed by atoms with Crippen LogP contribution in [0.3, 0.4) is 0 Å². The van der Waals surface area contributed by atoms with E-state index in [1.165, 1.54) is 0 Å². The SMILES string of the molecule is COc1ccc(N2CC[C@@]3(CCC[C@@]3(C)O)C2=O)cc1. The van der Waals surface area contributed by atoms with Gasteiger partial charge in [0.1, 0.15) is 5.75 Å². The van der Waals surface area contributed by atoms with E-state index in [2.05, 4.69) is 0 Å². The fraction of sp³-hybridized carbons (Fsp3) is 0.562. The standard InChI is InChI=1S/C16H21NO3/c1-15(19)8-3-9-16(15)10-11-17(14(16)18)12-4-6-13(20-2)7-5-12/h4-7,19H,3,8-11H2,1-2H3/t15-,16+/m1/s1. The van der Waals surface area contributed by atoms with Gasteiger partial charge in [0, 0.05) is 12.2 Å². The summed E-state index contributed by atoms with van der Waals surface area (Å²) in [6.45, 7) is 2.50. The number of rotatable bonds is 2. The Morgan fingerprint density at radius 2 is 1.90 bits per heavy atom. The molecular formula is C16H21NO3. The minimum atomic E-state index is -0.870. The number of hydrogen-bond donors (Lipinski definition) is 1. The molecule has 0 unspecified atom stereocenters. The summed E-state index contributed by atoms with van der Waals surface area (Å²) >= 11 is 0. The molecule has 1 saturated heterocycles. The highest BCUT2D eigenvalue weighted by Gasteiger charge is 2.60. The fourth-order valence-corrected chi connectivity index (χ4v) is 3.75. The van der Waals surface area contributed by atoms with Gasteiger partial charge in [0.2, 0.25) is 5.91 Å². The van der Waals surface area contributed by atoms with Gasteiger partial charge in [-0.1, -0.05) is 0 Å². The summed E-state index contributed by atoms with van der Waals surface area (Å²) in [4.78, 5) is 14.6. The monoisotopic (exact) mass is 275 g/mol. The van der Waals surface area contributed by atoms with E-state index in [1.807, 2.05) is 31.2 Å². The summed E-state index contributed by atoms with van der Waals surface area (Å²) in [6, 6.07) is 7.53. The Hall–Kier alpha value is -1.55. The number of hydrogen-bond acceptors (Lipinski definition) is 3. The van der Waals surface area contributed by atoms with Crippen LogP contribution in [0.25, 0.3) is 0 Å². The van der Waals surface area contributed by atoms with Gasteiger partial charge < -0.3 is 14.7 Å². The zero-order chi connectivity index (χ0) is 14.4. The highest BCUT2D eigenvalue weighted by atomic mass is 16.5. The molecule has 108 valence electrons. The first-order valence-corrected chi connectivity index (χ1v) is 7.19. The summed E-state index contributed by atoms with van der Waals surface area (Å²) in [7, 11) is 1.63. The van der Waals surface area contributed by atoms with Gasteiger partial charge in [-0.25, -0.2) is 0 Å². The van der Waals surface area contributed by atoms with E-state index in [4.69, 9.17) is 4.74 Å². The molecule has 1 aliphatic carbocycles. The molecule has 1 aromatic carbocycles. The number of anilines is 1. The van der Waals surface area contributed by atoms with Crippen LogP contribution in [0, 0.1) is 5.41 Å². The lowest BCUT2D eigenvalue weighted by atomic mass is 9.74. The van der Waals surface area contributed by atoms with Gasteiger partial charge in [0.15, 0.2) is 0 Å². The van der Waals surface area contributed by atoms with Crippen LogP contribution in [0.2, 0.25) is 0 Å². The lowest BCUT2D eigenvalue weighted by molar-refractivity contribution is -0.137. The Kier molecular flexibility index (Phi) is 3.01. The third-order valence-electron chi connectivity index (χ3n) is 5.10. The molecule has 0 bridgehead atoms. The van der Waals surface area contributed by atoms with Gasteiger partial charge in [-0.2, -0.15) is 0 Å². The number of amides is 1. The van der Waals surface area contributed by atoms with Gasteiger partial charge in [-0.15, -0.1) is 0 Å². The average Bonchev–Trinajstić information content (AvgIpc) is 2.93. The van der Waals surface area contributed by atoms with Crippen LogP contribution in [0.4, 0.5) is 5.69 Å². The van der Waals surface area contributed by atoms with Crippen LogP contribution in [0.5, 0.6) is 5.75 Å². The van der Waals surface area contributed by atoms with Crippen molar-refractivity contribution in [2.75, 3.05) is 18.6 Å². The molecule has 3 rings (SSSR count). The summed E-state index contributed by atoms with van der Waals surface area (Å²) in [5.41, 5.74) is -0.562. The van der Waals surface area contributed by atoms with Crippen LogP contribution in [0.15, 0.2) is 24.3 Å². The van der Waals surface area contributed by atoms with Gasteiger partial charge in [0.05, 0.1) is 18.1 Å². The maximum Gasteiger partial charge on any atom is 0.236 e. The third kappa shape index (κ3) is 1.74. The van der Waals surface area contributed by atoms with Crippen molar-refractivity contribution in [3.63, 3.8) is 0 Å². The van der Waals surface area contributed by atoms with Gasteiger partial charge in [0.25, 0.3) is 0 Å². The van der Waals surface area contributed by atoms with Crippen LogP contribution in [0.1, 0.15) is 32.6 Å². The van der Waals surface area contributed by atoms with Crippen molar-refractivity contribution >= 4 is 11.6 Å². The quantitative estimate of drug-likeness (QED) is 0.901. The Labute approximate surface area is 119 Å². The van der Waals surface area contributed by atoms with E-state index in [9.17, 15) is 9.90 Å². The first-order valence-electron chi connectivity index (χ1n) is 7.19. The highest BCUT2D eigenvalue weighted by molar-refractivity contribution is 6.01. The van der Waals surface area contributed by atoms with Crippen LogP contribution < -0.4 is 9.64 Å². The first kappa shape index (κ1) is 13.4. The highest BCUT2D eigenvalue weighted by Crippen LogP contribution is 2.53. The molecule has 1 aliphatic heterocycles. The maximum atomic E-state index is 12.8. The molecule has 1 spiro atoms. The topological polar surface area (TPSA) is 49.8 Å². The lowest BCUT2D eigenvalue weighted by Gasteiger charge is -2.34. The number of nitrogens with zero attached hydrogens (tertiary/aromatic N) is 1. The molecule has 4 nitrogen and oxygen atoms in total. The van der Waals surface area contributed by atoms with Gasteiger partial charge in [-0.05, 0) is 56.9 Å². The van der Waals surface area contributed by atoms with E-state index in [1.54, 1.807) is 12.0 Å². The molecule has 1 N–H and O–H groups in total. The number of carbonyl (C=O) groups excluding carboxylic acids is 1. The molecule has 2 atom stereocenters.